The predicted octanol–water partition coefficient (Wildman–Crippen LogP) is 2.41. The van der Waals surface area contributed by atoms with E-state index in [0.29, 0.717) is 5.56 Å². The molecular weight excluding hydrogens is 266 g/mol. The summed E-state index contributed by atoms with van der Waals surface area (Å²) in [4.78, 5) is 0. The molecule has 2 unspecified atom stereocenters. The van der Waals surface area contributed by atoms with Crippen LogP contribution >= 0.6 is 0 Å². The minimum absolute atomic E-state index is 0.0622. The number of halogens is 4. The maximum atomic E-state index is 13.6. The van der Waals surface area contributed by atoms with Crippen LogP contribution in [0.15, 0.2) is 18.2 Å². The van der Waals surface area contributed by atoms with Gasteiger partial charge >= 0.3 is 6.18 Å². The lowest BCUT2D eigenvalue weighted by Gasteiger charge is -2.16. The van der Waals surface area contributed by atoms with Gasteiger partial charge in [-0.3, -0.25) is 0 Å². The minimum atomic E-state index is -4.75. The Morgan fingerprint density at radius 1 is 1.37 bits per heavy atom. The first-order valence-corrected chi connectivity index (χ1v) is 5.60. The Kier molecular flexibility index (Phi) is 5.13. The van der Waals surface area contributed by atoms with E-state index in [4.69, 9.17) is 9.84 Å². The molecule has 7 heteroatoms. The molecule has 2 N–H and O–H groups in total. The maximum Gasteiger partial charge on any atom is 0.417 e. The Balaban J connectivity index is 2.69. The van der Waals surface area contributed by atoms with Crippen LogP contribution in [0.1, 0.15) is 18.5 Å². The zero-order valence-electron chi connectivity index (χ0n) is 10.5. The van der Waals surface area contributed by atoms with E-state index in [1.807, 2.05) is 0 Å². The van der Waals surface area contributed by atoms with Crippen molar-refractivity contribution in [2.24, 2.45) is 0 Å². The first-order chi connectivity index (χ1) is 8.75. The molecule has 0 aromatic heterocycles. The molecule has 1 rings (SSSR count). The van der Waals surface area contributed by atoms with Crippen LogP contribution in [0.2, 0.25) is 0 Å². The average molecular weight is 281 g/mol. The number of hydrogen-bond acceptors (Lipinski definition) is 3. The van der Waals surface area contributed by atoms with Crippen molar-refractivity contribution in [2.45, 2.75) is 25.2 Å². The van der Waals surface area contributed by atoms with Crippen molar-refractivity contribution in [3.63, 3.8) is 0 Å². The highest BCUT2D eigenvalue weighted by Crippen LogP contribution is 2.24. The molecule has 0 fully saturated rings. The fraction of sp³-hybridized carbons (Fsp3) is 0.500. The van der Waals surface area contributed by atoms with Gasteiger partial charge in [-0.2, -0.15) is 13.2 Å². The number of aliphatic hydroxyl groups is 1. The molecule has 0 spiro atoms. The van der Waals surface area contributed by atoms with Gasteiger partial charge in [-0.1, -0.05) is 6.07 Å². The molecule has 0 bridgehead atoms. The highest BCUT2D eigenvalue weighted by Gasteiger charge is 2.38. The summed E-state index contributed by atoms with van der Waals surface area (Å²) in [5.74, 6) is -0.645. The summed E-state index contributed by atoms with van der Waals surface area (Å²) < 4.78 is 54.5. The lowest BCUT2D eigenvalue weighted by molar-refractivity contribution is -0.210. The molecule has 0 heterocycles. The third kappa shape index (κ3) is 4.36. The summed E-state index contributed by atoms with van der Waals surface area (Å²) in [6, 6.07) is 3.54. The van der Waals surface area contributed by atoms with E-state index in [0.717, 1.165) is 6.07 Å². The van der Waals surface area contributed by atoms with Crippen molar-refractivity contribution in [1.82, 2.24) is 5.32 Å². The molecule has 0 radical (unpaired) electrons. The van der Waals surface area contributed by atoms with Crippen molar-refractivity contribution < 1.29 is 27.4 Å². The van der Waals surface area contributed by atoms with Crippen LogP contribution in [0, 0.1) is 5.82 Å². The van der Waals surface area contributed by atoms with E-state index in [9.17, 15) is 17.6 Å². The molecule has 19 heavy (non-hydrogen) atoms. The van der Waals surface area contributed by atoms with E-state index in [1.165, 1.54) is 12.1 Å². The summed E-state index contributed by atoms with van der Waals surface area (Å²) >= 11 is 0. The fourth-order valence-corrected chi connectivity index (χ4v) is 1.37. The molecule has 0 amide bonds. The lowest BCUT2D eigenvalue weighted by Crippen LogP contribution is -2.34. The quantitative estimate of drug-likeness (QED) is 0.814. The first kappa shape index (κ1) is 15.7. The topological polar surface area (TPSA) is 41.5 Å². The summed E-state index contributed by atoms with van der Waals surface area (Å²) in [7, 11) is 1.66. The van der Waals surface area contributed by atoms with Crippen LogP contribution in [0.3, 0.4) is 0 Å². The van der Waals surface area contributed by atoms with Crippen LogP contribution in [0.4, 0.5) is 17.6 Å². The van der Waals surface area contributed by atoms with E-state index in [1.54, 1.807) is 14.0 Å². The molecule has 0 saturated carbocycles. The van der Waals surface area contributed by atoms with Gasteiger partial charge in [-0.15, -0.1) is 0 Å². The molecule has 0 aliphatic heterocycles. The van der Waals surface area contributed by atoms with Crippen LogP contribution < -0.4 is 10.1 Å². The zero-order chi connectivity index (χ0) is 14.6. The monoisotopic (exact) mass is 281 g/mol. The van der Waals surface area contributed by atoms with Gasteiger partial charge in [0, 0.05) is 17.7 Å². The normalized spacial score (nSPS) is 15.1. The van der Waals surface area contributed by atoms with Gasteiger partial charge in [0.1, 0.15) is 18.2 Å². The highest BCUT2D eigenvalue weighted by atomic mass is 19.4. The van der Waals surface area contributed by atoms with Crippen molar-refractivity contribution in [3.8, 4) is 5.75 Å². The van der Waals surface area contributed by atoms with Crippen molar-refractivity contribution in [3.05, 3.63) is 29.6 Å². The molecule has 0 aliphatic carbocycles. The number of benzene rings is 1. The number of alkyl halides is 3. The Bertz CT molecular complexity index is 423. The van der Waals surface area contributed by atoms with E-state index in [-0.39, 0.29) is 11.8 Å². The SMILES string of the molecule is CNC(C)c1ccc(OCC(O)C(F)(F)F)cc1F. The van der Waals surface area contributed by atoms with Gasteiger partial charge in [0.15, 0.2) is 6.10 Å². The van der Waals surface area contributed by atoms with Crippen molar-refractivity contribution in [1.29, 1.82) is 0 Å². The molecule has 1 aromatic rings. The molecule has 3 nitrogen and oxygen atoms in total. The summed E-state index contributed by atoms with van der Waals surface area (Å²) in [6.07, 6.45) is -7.34. The van der Waals surface area contributed by atoms with Gasteiger partial charge in [0.2, 0.25) is 0 Å². The van der Waals surface area contributed by atoms with Crippen molar-refractivity contribution in [2.75, 3.05) is 13.7 Å². The van der Waals surface area contributed by atoms with Gasteiger partial charge in [0.05, 0.1) is 0 Å². The number of hydrogen-bond donors (Lipinski definition) is 2. The summed E-state index contributed by atoms with van der Waals surface area (Å²) in [5.41, 5.74) is 0.381. The number of ether oxygens (including phenoxy) is 1. The molecule has 2 atom stereocenters. The highest BCUT2D eigenvalue weighted by molar-refractivity contribution is 5.30. The summed E-state index contributed by atoms with van der Waals surface area (Å²) in [5, 5.41) is 11.6. The average Bonchev–Trinajstić information content (AvgIpc) is 2.34. The Labute approximate surface area is 108 Å². The number of rotatable bonds is 5. The number of nitrogens with one attached hydrogen (secondary N) is 1. The van der Waals surface area contributed by atoms with Crippen LogP contribution in [0.25, 0.3) is 0 Å². The summed E-state index contributed by atoms with van der Waals surface area (Å²) in [6.45, 7) is 0.774. The second-order valence-corrected chi connectivity index (χ2v) is 4.06. The maximum absolute atomic E-state index is 13.6. The molecule has 1 aromatic carbocycles. The Morgan fingerprint density at radius 2 is 2.00 bits per heavy atom. The van der Waals surface area contributed by atoms with Gasteiger partial charge in [-0.25, -0.2) is 4.39 Å². The smallest absolute Gasteiger partial charge is 0.417 e. The first-order valence-electron chi connectivity index (χ1n) is 5.60. The molecule has 108 valence electrons. The van der Waals surface area contributed by atoms with Crippen molar-refractivity contribution >= 4 is 0 Å². The van der Waals surface area contributed by atoms with Crippen LogP contribution in [-0.2, 0) is 0 Å². The molecule has 0 saturated heterocycles. The van der Waals surface area contributed by atoms with E-state index >= 15 is 0 Å². The fourth-order valence-electron chi connectivity index (χ4n) is 1.37. The standard InChI is InChI=1S/C12H15F4NO2/c1-7(17-2)9-4-3-8(5-10(9)13)19-6-11(18)12(14,15)16/h3-5,7,11,17-18H,6H2,1-2H3. The lowest BCUT2D eigenvalue weighted by atomic mass is 10.1. The third-order valence-corrected chi connectivity index (χ3v) is 2.66. The third-order valence-electron chi connectivity index (χ3n) is 2.66. The largest absolute Gasteiger partial charge is 0.490 e. The Hall–Kier alpha value is -1.34. The van der Waals surface area contributed by atoms with E-state index < -0.39 is 24.7 Å². The second kappa shape index (κ2) is 6.21. The molecule has 0 aliphatic rings. The van der Waals surface area contributed by atoms with Crippen LogP contribution in [-0.4, -0.2) is 31.0 Å². The molecular formula is C12H15F4NO2. The number of aliphatic hydroxyl groups excluding tert-OH is 1. The predicted molar refractivity (Wildman–Crippen MR) is 61.4 cm³/mol. The van der Waals surface area contributed by atoms with E-state index in [2.05, 4.69) is 5.32 Å². The second-order valence-electron chi connectivity index (χ2n) is 4.06. The van der Waals surface area contributed by atoms with Crippen LogP contribution in [0.5, 0.6) is 5.75 Å². The van der Waals surface area contributed by atoms with Gasteiger partial charge in [-0.05, 0) is 20.0 Å². The minimum Gasteiger partial charge on any atom is -0.490 e. The Morgan fingerprint density at radius 3 is 2.47 bits per heavy atom. The van der Waals surface area contributed by atoms with Gasteiger partial charge < -0.3 is 15.2 Å². The van der Waals surface area contributed by atoms with Gasteiger partial charge in [0.25, 0.3) is 0 Å². The zero-order valence-corrected chi connectivity index (χ0v) is 10.5.